The summed E-state index contributed by atoms with van der Waals surface area (Å²) >= 11 is 1.99. The molecule has 76 valence electrons. The standard InChI is InChI=1S/C10H19NOS/c1-3-13-10-7-5-4-6-9(10)11-8(2)12/h9-10H,3-7H2,1-2H3,(H,11,12). The first kappa shape index (κ1) is 10.9. The summed E-state index contributed by atoms with van der Waals surface area (Å²) in [5.74, 6) is 1.27. The lowest BCUT2D eigenvalue weighted by Crippen LogP contribution is -2.42. The van der Waals surface area contributed by atoms with Crippen LogP contribution in [0.3, 0.4) is 0 Å². The number of hydrogen-bond donors (Lipinski definition) is 1. The fraction of sp³-hybridized carbons (Fsp3) is 0.900. The Hall–Kier alpha value is -0.180. The highest BCUT2D eigenvalue weighted by molar-refractivity contribution is 7.99. The van der Waals surface area contributed by atoms with Crippen LogP contribution in [0.25, 0.3) is 0 Å². The molecule has 0 heterocycles. The molecular weight excluding hydrogens is 182 g/mol. The SMILES string of the molecule is CCSC1CCCCC1NC(C)=O. The number of nitrogens with one attached hydrogen (secondary N) is 1. The van der Waals surface area contributed by atoms with Gasteiger partial charge in [0.15, 0.2) is 0 Å². The van der Waals surface area contributed by atoms with Crippen molar-refractivity contribution >= 4 is 17.7 Å². The highest BCUT2D eigenvalue weighted by Crippen LogP contribution is 2.28. The largest absolute Gasteiger partial charge is 0.352 e. The van der Waals surface area contributed by atoms with Crippen molar-refractivity contribution in [2.45, 2.75) is 50.8 Å². The number of carbonyl (C=O) groups is 1. The first-order valence-corrected chi connectivity index (χ1v) is 6.17. The lowest BCUT2D eigenvalue weighted by molar-refractivity contribution is -0.119. The van der Waals surface area contributed by atoms with Crippen molar-refractivity contribution in [1.82, 2.24) is 5.32 Å². The smallest absolute Gasteiger partial charge is 0.217 e. The monoisotopic (exact) mass is 201 g/mol. The maximum absolute atomic E-state index is 10.9. The van der Waals surface area contributed by atoms with Crippen LogP contribution in [-0.4, -0.2) is 23.0 Å². The fourth-order valence-electron chi connectivity index (χ4n) is 1.94. The van der Waals surface area contributed by atoms with Gasteiger partial charge in [-0.3, -0.25) is 4.79 Å². The second-order valence-electron chi connectivity index (χ2n) is 3.59. The van der Waals surface area contributed by atoms with Crippen molar-refractivity contribution in [3.63, 3.8) is 0 Å². The molecule has 1 N–H and O–H groups in total. The molecule has 1 rings (SSSR count). The number of amides is 1. The molecule has 0 aromatic heterocycles. The Kier molecular flexibility index (Phi) is 4.64. The van der Waals surface area contributed by atoms with Crippen LogP contribution >= 0.6 is 11.8 Å². The van der Waals surface area contributed by atoms with E-state index in [0.717, 1.165) is 12.2 Å². The molecule has 0 aromatic carbocycles. The molecule has 1 amide bonds. The van der Waals surface area contributed by atoms with Crippen molar-refractivity contribution in [1.29, 1.82) is 0 Å². The van der Waals surface area contributed by atoms with E-state index in [-0.39, 0.29) is 5.91 Å². The third kappa shape index (κ3) is 3.59. The lowest BCUT2D eigenvalue weighted by atomic mass is 9.95. The third-order valence-corrected chi connectivity index (χ3v) is 3.80. The van der Waals surface area contributed by atoms with Crippen molar-refractivity contribution in [2.24, 2.45) is 0 Å². The fourth-order valence-corrected chi connectivity index (χ4v) is 3.13. The van der Waals surface area contributed by atoms with Crippen LogP contribution in [0.5, 0.6) is 0 Å². The second kappa shape index (κ2) is 5.53. The molecule has 1 fully saturated rings. The molecule has 0 saturated heterocycles. The van der Waals surface area contributed by atoms with Crippen molar-refractivity contribution in [3.8, 4) is 0 Å². The van der Waals surface area contributed by atoms with Gasteiger partial charge in [-0.15, -0.1) is 0 Å². The number of carbonyl (C=O) groups excluding carboxylic acids is 1. The van der Waals surface area contributed by atoms with Crippen LogP contribution in [0.2, 0.25) is 0 Å². The predicted octanol–water partition coefficient (Wildman–Crippen LogP) is 2.19. The first-order chi connectivity index (χ1) is 6.24. The highest BCUT2D eigenvalue weighted by atomic mass is 32.2. The van der Waals surface area contributed by atoms with Crippen LogP contribution in [0.4, 0.5) is 0 Å². The van der Waals surface area contributed by atoms with Crippen molar-refractivity contribution in [2.75, 3.05) is 5.75 Å². The van der Waals surface area contributed by atoms with Crippen molar-refractivity contribution in [3.05, 3.63) is 0 Å². The van der Waals surface area contributed by atoms with Gasteiger partial charge in [0.1, 0.15) is 0 Å². The Balaban J connectivity index is 2.41. The Morgan fingerprint density at radius 2 is 2.15 bits per heavy atom. The van der Waals surface area contributed by atoms with Crippen LogP contribution in [-0.2, 0) is 4.79 Å². The minimum absolute atomic E-state index is 0.119. The van der Waals surface area contributed by atoms with Gasteiger partial charge < -0.3 is 5.32 Å². The van der Waals surface area contributed by atoms with Gasteiger partial charge in [-0.25, -0.2) is 0 Å². The van der Waals surface area contributed by atoms with Crippen molar-refractivity contribution < 1.29 is 4.79 Å². The van der Waals surface area contributed by atoms with E-state index in [1.807, 2.05) is 11.8 Å². The van der Waals surface area contributed by atoms with E-state index in [0.29, 0.717) is 11.3 Å². The zero-order valence-electron chi connectivity index (χ0n) is 8.51. The molecule has 2 unspecified atom stereocenters. The van der Waals surface area contributed by atoms with Gasteiger partial charge in [-0.05, 0) is 18.6 Å². The summed E-state index contributed by atoms with van der Waals surface area (Å²) in [7, 11) is 0. The third-order valence-electron chi connectivity index (χ3n) is 2.47. The topological polar surface area (TPSA) is 29.1 Å². The number of hydrogen-bond acceptors (Lipinski definition) is 2. The summed E-state index contributed by atoms with van der Waals surface area (Å²) in [5.41, 5.74) is 0. The zero-order valence-corrected chi connectivity index (χ0v) is 9.32. The molecule has 1 saturated carbocycles. The van der Waals surface area contributed by atoms with E-state index < -0.39 is 0 Å². The summed E-state index contributed by atoms with van der Waals surface area (Å²) in [6, 6.07) is 0.427. The van der Waals surface area contributed by atoms with Gasteiger partial charge in [0.2, 0.25) is 5.91 Å². The molecule has 1 aliphatic rings. The number of rotatable bonds is 3. The van der Waals surface area contributed by atoms with Gasteiger partial charge in [-0.1, -0.05) is 19.8 Å². The van der Waals surface area contributed by atoms with Gasteiger partial charge >= 0.3 is 0 Å². The van der Waals surface area contributed by atoms with Crippen LogP contribution < -0.4 is 5.32 Å². The van der Waals surface area contributed by atoms with Gasteiger partial charge in [0, 0.05) is 18.2 Å². The number of thioether (sulfide) groups is 1. The normalized spacial score (nSPS) is 28.5. The highest BCUT2D eigenvalue weighted by Gasteiger charge is 2.25. The van der Waals surface area contributed by atoms with E-state index >= 15 is 0 Å². The Labute approximate surface area is 84.9 Å². The molecule has 0 bridgehead atoms. The van der Waals surface area contributed by atoms with E-state index in [2.05, 4.69) is 12.2 Å². The molecule has 0 aliphatic heterocycles. The van der Waals surface area contributed by atoms with E-state index in [1.165, 1.54) is 19.3 Å². The average molecular weight is 201 g/mol. The summed E-state index contributed by atoms with van der Waals surface area (Å²) in [6.45, 7) is 3.80. The Bertz CT molecular complexity index is 170. The molecule has 2 nitrogen and oxygen atoms in total. The average Bonchev–Trinajstić information content (AvgIpc) is 2.08. The molecular formula is C10H19NOS. The maximum Gasteiger partial charge on any atom is 0.217 e. The van der Waals surface area contributed by atoms with Gasteiger partial charge in [0.05, 0.1) is 0 Å². The van der Waals surface area contributed by atoms with E-state index in [4.69, 9.17) is 0 Å². The van der Waals surface area contributed by atoms with Crippen LogP contribution in [0, 0.1) is 0 Å². The van der Waals surface area contributed by atoms with E-state index in [9.17, 15) is 4.79 Å². The minimum atomic E-state index is 0.119. The maximum atomic E-state index is 10.9. The minimum Gasteiger partial charge on any atom is -0.352 e. The zero-order chi connectivity index (χ0) is 9.68. The van der Waals surface area contributed by atoms with Gasteiger partial charge in [0.25, 0.3) is 0 Å². The second-order valence-corrected chi connectivity index (χ2v) is 5.10. The Morgan fingerprint density at radius 1 is 1.46 bits per heavy atom. The van der Waals surface area contributed by atoms with Crippen LogP contribution in [0.1, 0.15) is 39.5 Å². The lowest BCUT2D eigenvalue weighted by Gasteiger charge is -2.31. The summed E-state index contributed by atoms with van der Waals surface area (Å²) in [5, 5.41) is 3.71. The molecule has 0 spiro atoms. The first-order valence-electron chi connectivity index (χ1n) is 5.12. The molecule has 1 aliphatic carbocycles. The summed E-state index contributed by atoms with van der Waals surface area (Å²) < 4.78 is 0. The summed E-state index contributed by atoms with van der Waals surface area (Å²) in [4.78, 5) is 10.9. The quantitative estimate of drug-likeness (QED) is 0.758. The molecule has 3 heteroatoms. The van der Waals surface area contributed by atoms with Gasteiger partial charge in [-0.2, -0.15) is 11.8 Å². The molecule has 0 aromatic rings. The van der Waals surface area contributed by atoms with Crippen LogP contribution in [0.15, 0.2) is 0 Å². The summed E-state index contributed by atoms with van der Waals surface area (Å²) in [6.07, 6.45) is 5.03. The van der Waals surface area contributed by atoms with E-state index in [1.54, 1.807) is 6.92 Å². The Morgan fingerprint density at radius 3 is 2.77 bits per heavy atom. The molecule has 0 radical (unpaired) electrons. The predicted molar refractivity (Wildman–Crippen MR) is 58.0 cm³/mol. The molecule has 13 heavy (non-hydrogen) atoms. The molecule has 2 atom stereocenters.